The number of pyridine rings is 1. The second-order valence-corrected chi connectivity index (χ2v) is 6.86. The van der Waals surface area contributed by atoms with E-state index >= 15 is 0 Å². The summed E-state index contributed by atoms with van der Waals surface area (Å²) < 4.78 is 0. The molecule has 25 heavy (non-hydrogen) atoms. The summed E-state index contributed by atoms with van der Waals surface area (Å²) in [4.78, 5) is 20.6. The van der Waals surface area contributed by atoms with Crippen molar-refractivity contribution >= 4 is 11.8 Å². The molecule has 2 heterocycles. The average molecular weight is 339 g/mol. The van der Waals surface area contributed by atoms with Crippen molar-refractivity contribution < 1.29 is 9.90 Å². The molecule has 0 atom stereocenters. The summed E-state index contributed by atoms with van der Waals surface area (Å²) >= 11 is 0. The van der Waals surface area contributed by atoms with Crippen molar-refractivity contribution in [2.45, 2.75) is 26.8 Å². The van der Waals surface area contributed by atoms with Crippen molar-refractivity contribution in [3.05, 3.63) is 47.7 Å². The van der Waals surface area contributed by atoms with Crippen molar-refractivity contribution in [3.8, 4) is 11.1 Å². The van der Waals surface area contributed by atoms with Crippen LogP contribution in [0.4, 0.5) is 5.82 Å². The summed E-state index contributed by atoms with van der Waals surface area (Å²) in [5.74, 6) is 0.0890. The van der Waals surface area contributed by atoms with Gasteiger partial charge in [0.1, 0.15) is 5.82 Å². The molecular formula is C20H25N3O2. The van der Waals surface area contributed by atoms with Crippen LogP contribution in [-0.4, -0.2) is 53.2 Å². The molecule has 132 valence electrons. The number of benzene rings is 1. The lowest BCUT2D eigenvalue weighted by atomic mass is 10.0. The number of carbonyl (C=O) groups is 1. The van der Waals surface area contributed by atoms with Gasteiger partial charge in [-0.25, -0.2) is 9.78 Å². The minimum atomic E-state index is -0.910. The number of piperazine rings is 1. The summed E-state index contributed by atoms with van der Waals surface area (Å²) in [6.07, 6.45) is 1.86. The third-order valence-corrected chi connectivity index (χ3v) is 4.89. The van der Waals surface area contributed by atoms with Gasteiger partial charge in [0.25, 0.3) is 0 Å². The van der Waals surface area contributed by atoms with E-state index in [1.165, 1.54) is 0 Å². The van der Waals surface area contributed by atoms with Crippen LogP contribution >= 0.6 is 0 Å². The van der Waals surface area contributed by atoms with E-state index in [1.807, 2.05) is 12.3 Å². The van der Waals surface area contributed by atoms with E-state index in [0.717, 1.165) is 48.7 Å². The summed E-state index contributed by atoms with van der Waals surface area (Å²) in [5, 5.41) is 9.17. The fourth-order valence-corrected chi connectivity index (χ4v) is 3.30. The fourth-order valence-electron chi connectivity index (χ4n) is 3.30. The van der Waals surface area contributed by atoms with Crippen LogP contribution in [0.15, 0.2) is 36.5 Å². The number of rotatable bonds is 4. The number of nitrogens with zero attached hydrogens (tertiary/aromatic N) is 3. The third-order valence-electron chi connectivity index (χ3n) is 4.89. The lowest BCUT2D eigenvalue weighted by Crippen LogP contribution is -2.49. The molecular weight excluding hydrogens is 314 g/mol. The lowest BCUT2D eigenvalue weighted by molar-refractivity contribution is 0.0697. The Labute approximate surface area is 148 Å². The molecule has 0 spiro atoms. The smallest absolute Gasteiger partial charge is 0.335 e. The first kappa shape index (κ1) is 17.4. The molecule has 1 N–H and O–H groups in total. The number of hydrogen-bond acceptors (Lipinski definition) is 4. The van der Waals surface area contributed by atoms with Gasteiger partial charge in [-0.15, -0.1) is 0 Å². The highest BCUT2D eigenvalue weighted by Crippen LogP contribution is 2.27. The van der Waals surface area contributed by atoms with Gasteiger partial charge in [-0.05, 0) is 50.1 Å². The second kappa shape index (κ2) is 7.23. The van der Waals surface area contributed by atoms with Gasteiger partial charge in [-0.3, -0.25) is 4.90 Å². The highest BCUT2D eigenvalue weighted by Gasteiger charge is 2.20. The molecule has 0 radical (unpaired) electrons. The minimum Gasteiger partial charge on any atom is -0.478 e. The molecule has 0 bridgehead atoms. The van der Waals surface area contributed by atoms with Gasteiger partial charge in [0.15, 0.2) is 0 Å². The van der Waals surface area contributed by atoms with Crippen LogP contribution in [0.3, 0.4) is 0 Å². The molecule has 0 aliphatic carbocycles. The van der Waals surface area contributed by atoms with Crippen LogP contribution < -0.4 is 4.90 Å². The van der Waals surface area contributed by atoms with Crippen molar-refractivity contribution in [2.24, 2.45) is 0 Å². The van der Waals surface area contributed by atoms with Crippen molar-refractivity contribution in [1.82, 2.24) is 9.88 Å². The molecule has 1 aromatic carbocycles. The largest absolute Gasteiger partial charge is 0.478 e. The summed E-state index contributed by atoms with van der Waals surface area (Å²) in [5.41, 5.74) is 3.28. The zero-order chi connectivity index (χ0) is 18.0. The Balaban J connectivity index is 1.80. The van der Waals surface area contributed by atoms with Gasteiger partial charge in [0.2, 0.25) is 0 Å². The molecule has 0 amide bonds. The van der Waals surface area contributed by atoms with Crippen molar-refractivity contribution in [3.63, 3.8) is 0 Å². The topological polar surface area (TPSA) is 56.7 Å². The molecule has 2 aromatic rings. The Morgan fingerprint density at radius 1 is 1.16 bits per heavy atom. The predicted octanol–water partition coefficient (Wildman–Crippen LogP) is 3.29. The van der Waals surface area contributed by atoms with Gasteiger partial charge in [-0.1, -0.05) is 12.1 Å². The van der Waals surface area contributed by atoms with Gasteiger partial charge < -0.3 is 10.0 Å². The highest BCUT2D eigenvalue weighted by molar-refractivity contribution is 5.89. The quantitative estimate of drug-likeness (QED) is 0.926. The lowest BCUT2D eigenvalue weighted by Gasteiger charge is -2.37. The Bertz CT molecular complexity index is 765. The maximum Gasteiger partial charge on any atom is 0.335 e. The maximum atomic E-state index is 11.2. The summed E-state index contributed by atoms with van der Waals surface area (Å²) in [6, 6.07) is 9.70. The molecule has 0 saturated carbocycles. The molecule has 1 aromatic heterocycles. The van der Waals surface area contributed by atoms with E-state index in [-0.39, 0.29) is 0 Å². The number of hydrogen-bond donors (Lipinski definition) is 1. The monoisotopic (exact) mass is 339 g/mol. The molecule has 5 nitrogen and oxygen atoms in total. The van der Waals surface area contributed by atoms with Gasteiger partial charge >= 0.3 is 5.97 Å². The number of carboxylic acid groups (broad SMARTS) is 1. The Morgan fingerprint density at radius 3 is 2.48 bits per heavy atom. The minimum absolute atomic E-state index is 0.297. The van der Waals surface area contributed by atoms with E-state index in [9.17, 15) is 9.90 Å². The molecule has 1 aliphatic rings. The van der Waals surface area contributed by atoms with Gasteiger partial charge in [0, 0.05) is 44.0 Å². The van der Waals surface area contributed by atoms with Crippen LogP contribution in [0.2, 0.25) is 0 Å². The number of carboxylic acids is 1. The Hall–Kier alpha value is -2.40. The normalized spacial score (nSPS) is 15.6. The third kappa shape index (κ3) is 3.82. The summed E-state index contributed by atoms with van der Waals surface area (Å²) in [6.45, 7) is 10.6. The number of aromatic nitrogens is 1. The van der Waals surface area contributed by atoms with E-state index in [2.05, 4.69) is 41.6 Å². The van der Waals surface area contributed by atoms with Crippen molar-refractivity contribution in [1.29, 1.82) is 0 Å². The summed E-state index contributed by atoms with van der Waals surface area (Å²) in [7, 11) is 0. The number of anilines is 1. The zero-order valence-corrected chi connectivity index (χ0v) is 15.1. The van der Waals surface area contributed by atoms with Crippen LogP contribution in [0.25, 0.3) is 11.1 Å². The van der Waals surface area contributed by atoms with E-state index < -0.39 is 5.97 Å². The average Bonchev–Trinajstić information content (AvgIpc) is 2.61. The van der Waals surface area contributed by atoms with Crippen LogP contribution in [-0.2, 0) is 0 Å². The SMILES string of the molecule is Cc1cc(N2CCN(C(C)C)CC2)ncc1-c1cccc(C(=O)O)c1. The first-order valence-electron chi connectivity index (χ1n) is 8.75. The maximum absolute atomic E-state index is 11.2. The van der Waals surface area contributed by atoms with Crippen LogP contribution in [0, 0.1) is 6.92 Å². The van der Waals surface area contributed by atoms with Crippen LogP contribution in [0.5, 0.6) is 0 Å². The Kier molecular flexibility index (Phi) is 5.04. The van der Waals surface area contributed by atoms with E-state index in [1.54, 1.807) is 18.2 Å². The zero-order valence-electron chi connectivity index (χ0n) is 15.1. The highest BCUT2D eigenvalue weighted by atomic mass is 16.4. The molecule has 1 saturated heterocycles. The Morgan fingerprint density at radius 2 is 1.88 bits per heavy atom. The standard InChI is InChI=1S/C20H25N3O2/c1-14(2)22-7-9-23(10-8-22)19-11-15(3)18(13-21-19)16-5-4-6-17(12-16)20(24)25/h4-6,11-14H,7-10H2,1-3H3,(H,24,25). The van der Waals surface area contributed by atoms with Crippen LogP contribution in [0.1, 0.15) is 29.8 Å². The fraction of sp³-hybridized carbons (Fsp3) is 0.400. The first-order valence-corrected chi connectivity index (χ1v) is 8.75. The number of aryl methyl sites for hydroxylation is 1. The van der Waals surface area contributed by atoms with Gasteiger partial charge in [0.05, 0.1) is 5.56 Å². The van der Waals surface area contributed by atoms with E-state index in [4.69, 9.17) is 0 Å². The first-order chi connectivity index (χ1) is 12.0. The molecule has 3 rings (SSSR count). The van der Waals surface area contributed by atoms with Gasteiger partial charge in [-0.2, -0.15) is 0 Å². The predicted molar refractivity (Wildman–Crippen MR) is 100 cm³/mol. The van der Waals surface area contributed by atoms with E-state index in [0.29, 0.717) is 11.6 Å². The molecule has 0 unspecified atom stereocenters. The molecule has 1 aliphatic heterocycles. The second-order valence-electron chi connectivity index (χ2n) is 6.86. The van der Waals surface area contributed by atoms with Crippen molar-refractivity contribution in [2.75, 3.05) is 31.1 Å². The molecule has 5 heteroatoms. The molecule has 1 fully saturated rings. The number of aromatic carboxylic acids is 1.